The highest BCUT2D eigenvalue weighted by Crippen LogP contribution is 2.28. The zero-order valence-electron chi connectivity index (χ0n) is 18.7. The number of aromatic nitrogens is 4. The van der Waals surface area contributed by atoms with Crippen LogP contribution in [0.2, 0.25) is 10.0 Å². The molecule has 0 atom stereocenters. The topological polar surface area (TPSA) is 132 Å². The van der Waals surface area contributed by atoms with Crippen LogP contribution in [0.5, 0.6) is 5.75 Å². The van der Waals surface area contributed by atoms with Crippen molar-refractivity contribution < 1.29 is 18.8 Å². The standard InChI is InChI=1S/C22H18Cl2N6O4S2/c1-33-16-5-3-2-4-13(16)20-27-19(34-30-20)9-8-17(31)26-21-28-29-22(36-21)35-11-18(32)25-12-6-7-14(23)15(24)10-12/h2-7,10H,8-9,11H2,1H3,(H,25,32)(H,26,28,31). The van der Waals surface area contributed by atoms with Crippen LogP contribution < -0.4 is 15.4 Å². The normalized spacial score (nSPS) is 10.8. The number of hydrogen-bond donors (Lipinski definition) is 2. The van der Waals surface area contributed by atoms with Crippen molar-refractivity contribution in [2.75, 3.05) is 23.5 Å². The second kappa shape index (κ2) is 12.2. The van der Waals surface area contributed by atoms with E-state index in [-0.39, 0.29) is 30.4 Å². The van der Waals surface area contributed by atoms with Crippen molar-refractivity contribution >= 4 is 68.9 Å². The summed E-state index contributed by atoms with van der Waals surface area (Å²) in [5, 5.41) is 18.4. The van der Waals surface area contributed by atoms with E-state index in [0.29, 0.717) is 48.2 Å². The number of thioether (sulfide) groups is 1. The van der Waals surface area contributed by atoms with Crippen LogP contribution in [0.3, 0.4) is 0 Å². The molecule has 0 aliphatic rings. The maximum Gasteiger partial charge on any atom is 0.234 e. The van der Waals surface area contributed by atoms with Crippen molar-refractivity contribution in [3.63, 3.8) is 0 Å². The molecule has 4 rings (SSSR count). The summed E-state index contributed by atoms with van der Waals surface area (Å²) >= 11 is 14.2. The summed E-state index contributed by atoms with van der Waals surface area (Å²) < 4.78 is 11.1. The van der Waals surface area contributed by atoms with Crippen LogP contribution in [0.4, 0.5) is 10.8 Å². The average Bonchev–Trinajstić information content (AvgIpc) is 3.53. The molecule has 0 saturated heterocycles. The van der Waals surface area contributed by atoms with Crippen LogP contribution in [0.15, 0.2) is 51.3 Å². The third-order valence-electron chi connectivity index (χ3n) is 4.56. The molecule has 0 radical (unpaired) electrons. The Kier molecular flexibility index (Phi) is 8.75. The Labute approximate surface area is 223 Å². The number of benzene rings is 2. The first kappa shape index (κ1) is 25.9. The molecule has 2 amide bonds. The van der Waals surface area contributed by atoms with Crippen LogP contribution in [0.1, 0.15) is 12.3 Å². The molecule has 2 aromatic carbocycles. The minimum atomic E-state index is -0.280. The molecule has 2 aromatic heterocycles. The van der Waals surface area contributed by atoms with E-state index in [9.17, 15) is 9.59 Å². The Hall–Kier alpha value is -3.19. The molecular formula is C22H18Cl2N6O4S2. The first-order chi connectivity index (χ1) is 17.4. The van der Waals surface area contributed by atoms with Gasteiger partial charge in [0.25, 0.3) is 0 Å². The number of nitrogens with one attached hydrogen (secondary N) is 2. The van der Waals surface area contributed by atoms with Crippen LogP contribution in [-0.2, 0) is 16.0 Å². The lowest BCUT2D eigenvalue weighted by molar-refractivity contribution is -0.116. The van der Waals surface area contributed by atoms with Crippen molar-refractivity contribution in [1.29, 1.82) is 0 Å². The molecule has 14 heteroatoms. The second-order valence-electron chi connectivity index (χ2n) is 7.10. The summed E-state index contributed by atoms with van der Waals surface area (Å²) in [5.74, 6) is 0.918. The van der Waals surface area contributed by atoms with Crippen molar-refractivity contribution in [3.8, 4) is 17.1 Å². The van der Waals surface area contributed by atoms with Crippen LogP contribution >= 0.6 is 46.3 Å². The van der Waals surface area contributed by atoms with E-state index in [0.717, 1.165) is 0 Å². The lowest BCUT2D eigenvalue weighted by Crippen LogP contribution is -2.13. The number of methoxy groups -OCH3 is 1. The van der Waals surface area contributed by atoms with Gasteiger partial charge in [0, 0.05) is 18.5 Å². The van der Waals surface area contributed by atoms with Gasteiger partial charge in [0.2, 0.25) is 28.7 Å². The van der Waals surface area contributed by atoms with E-state index < -0.39 is 0 Å². The van der Waals surface area contributed by atoms with Gasteiger partial charge in [-0.3, -0.25) is 9.59 Å². The monoisotopic (exact) mass is 564 g/mol. The number of carbonyl (C=O) groups is 2. The Bertz CT molecular complexity index is 1380. The SMILES string of the molecule is COc1ccccc1-c1noc(CCC(=O)Nc2nnc(SCC(=O)Nc3ccc(Cl)c(Cl)c3)s2)n1. The second-order valence-corrected chi connectivity index (χ2v) is 10.1. The molecule has 2 heterocycles. The molecule has 186 valence electrons. The Morgan fingerprint density at radius 2 is 1.92 bits per heavy atom. The van der Waals surface area contributed by atoms with E-state index in [1.807, 2.05) is 18.2 Å². The average molecular weight is 565 g/mol. The Balaban J connectivity index is 1.23. The highest BCUT2D eigenvalue weighted by Gasteiger charge is 2.15. The van der Waals surface area contributed by atoms with Crippen molar-refractivity contribution in [2.45, 2.75) is 17.2 Å². The van der Waals surface area contributed by atoms with Gasteiger partial charge in [-0.1, -0.05) is 63.6 Å². The summed E-state index contributed by atoms with van der Waals surface area (Å²) in [6.07, 6.45) is 0.366. The van der Waals surface area contributed by atoms with Crippen molar-refractivity contribution in [2.24, 2.45) is 0 Å². The Morgan fingerprint density at radius 1 is 1.08 bits per heavy atom. The molecule has 0 aliphatic carbocycles. The number of para-hydroxylation sites is 1. The highest BCUT2D eigenvalue weighted by molar-refractivity contribution is 8.01. The van der Waals surface area contributed by atoms with Crippen LogP contribution in [0, 0.1) is 0 Å². The van der Waals surface area contributed by atoms with Crippen LogP contribution in [-0.4, -0.2) is 45.0 Å². The third-order valence-corrected chi connectivity index (χ3v) is 7.28. The van der Waals surface area contributed by atoms with Crippen molar-refractivity contribution in [3.05, 3.63) is 58.4 Å². The lowest BCUT2D eigenvalue weighted by atomic mass is 10.2. The largest absolute Gasteiger partial charge is 0.496 e. The Morgan fingerprint density at radius 3 is 2.72 bits per heavy atom. The van der Waals surface area contributed by atoms with E-state index in [4.69, 9.17) is 32.5 Å². The van der Waals surface area contributed by atoms with Gasteiger partial charge in [0.15, 0.2) is 4.34 Å². The lowest BCUT2D eigenvalue weighted by Gasteiger charge is -2.05. The summed E-state index contributed by atoms with van der Waals surface area (Å²) in [5.41, 5.74) is 1.24. The van der Waals surface area contributed by atoms with Gasteiger partial charge in [-0.05, 0) is 30.3 Å². The van der Waals surface area contributed by atoms with Gasteiger partial charge in [0.05, 0.1) is 28.5 Å². The molecular weight excluding hydrogens is 547 g/mol. The maximum absolute atomic E-state index is 12.3. The predicted octanol–water partition coefficient (Wildman–Crippen LogP) is 5.21. The summed E-state index contributed by atoms with van der Waals surface area (Å²) in [7, 11) is 1.56. The minimum Gasteiger partial charge on any atom is -0.496 e. The molecule has 0 fully saturated rings. The first-order valence-electron chi connectivity index (χ1n) is 10.4. The van der Waals surface area contributed by atoms with E-state index in [2.05, 4.69) is 31.0 Å². The summed E-state index contributed by atoms with van der Waals surface area (Å²) in [6, 6.07) is 12.1. The van der Waals surface area contributed by atoms with Crippen LogP contribution in [0.25, 0.3) is 11.4 Å². The minimum absolute atomic E-state index is 0.106. The first-order valence-corrected chi connectivity index (χ1v) is 12.9. The zero-order chi connectivity index (χ0) is 25.5. The molecule has 2 N–H and O–H groups in total. The zero-order valence-corrected chi connectivity index (χ0v) is 21.8. The molecule has 10 nitrogen and oxygen atoms in total. The number of hydrogen-bond acceptors (Lipinski definition) is 10. The van der Waals surface area contributed by atoms with E-state index in [1.165, 1.54) is 23.1 Å². The maximum atomic E-state index is 12.3. The fourth-order valence-electron chi connectivity index (χ4n) is 2.91. The number of amides is 2. The number of nitrogens with zero attached hydrogens (tertiary/aromatic N) is 4. The van der Waals surface area contributed by atoms with Crippen molar-refractivity contribution in [1.82, 2.24) is 20.3 Å². The number of halogens is 2. The molecule has 0 spiro atoms. The number of aryl methyl sites for hydroxylation is 1. The van der Waals surface area contributed by atoms with E-state index >= 15 is 0 Å². The molecule has 0 bridgehead atoms. The fraction of sp³-hybridized carbons (Fsp3) is 0.182. The highest BCUT2D eigenvalue weighted by atomic mass is 35.5. The van der Waals surface area contributed by atoms with Gasteiger partial charge in [-0.25, -0.2) is 0 Å². The number of anilines is 2. The van der Waals surface area contributed by atoms with Gasteiger partial charge >= 0.3 is 0 Å². The molecule has 0 aliphatic heterocycles. The fourth-order valence-corrected chi connectivity index (χ4v) is 4.78. The molecule has 4 aromatic rings. The quantitative estimate of drug-likeness (QED) is 0.197. The molecule has 0 unspecified atom stereocenters. The van der Waals surface area contributed by atoms with Gasteiger partial charge in [-0.15, -0.1) is 10.2 Å². The number of rotatable bonds is 10. The molecule has 0 saturated carbocycles. The summed E-state index contributed by atoms with van der Waals surface area (Å²) in [6.45, 7) is 0. The summed E-state index contributed by atoms with van der Waals surface area (Å²) in [4.78, 5) is 28.8. The van der Waals surface area contributed by atoms with Gasteiger partial charge in [-0.2, -0.15) is 4.98 Å². The van der Waals surface area contributed by atoms with Gasteiger partial charge in [0.1, 0.15) is 5.75 Å². The third kappa shape index (κ3) is 6.94. The smallest absolute Gasteiger partial charge is 0.234 e. The predicted molar refractivity (Wildman–Crippen MR) is 139 cm³/mol. The molecule has 36 heavy (non-hydrogen) atoms. The number of ether oxygens (including phenoxy) is 1. The van der Waals surface area contributed by atoms with Gasteiger partial charge < -0.3 is 19.9 Å². The van der Waals surface area contributed by atoms with E-state index in [1.54, 1.807) is 31.4 Å². The number of carbonyl (C=O) groups excluding carboxylic acids is 2.